The Bertz CT molecular complexity index is 599. The summed E-state index contributed by atoms with van der Waals surface area (Å²) < 4.78 is 0.859. The number of hydrogen-bond donors (Lipinski definition) is 2. The van der Waals surface area contributed by atoms with Gasteiger partial charge in [0.25, 0.3) is 0 Å². The van der Waals surface area contributed by atoms with Crippen molar-refractivity contribution in [3.63, 3.8) is 0 Å². The van der Waals surface area contributed by atoms with Gasteiger partial charge in [0.1, 0.15) is 0 Å². The van der Waals surface area contributed by atoms with Crippen LogP contribution in [0.1, 0.15) is 11.1 Å². The van der Waals surface area contributed by atoms with Crippen LogP contribution < -0.4 is 11.1 Å². The Hall–Kier alpha value is -1.65. The Kier molecular flexibility index (Phi) is 4.93. The fraction of sp³-hybridized carbons (Fsp3) is 0.188. The van der Waals surface area contributed by atoms with Gasteiger partial charge in [0.15, 0.2) is 0 Å². The highest BCUT2D eigenvalue weighted by Gasteiger charge is 2.15. The van der Waals surface area contributed by atoms with Gasteiger partial charge < -0.3 is 11.1 Å². The normalized spacial score (nSPS) is 11.9. The number of benzene rings is 2. The van der Waals surface area contributed by atoms with Crippen molar-refractivity contribution in [2.24, 2.45) is 5.73 Å². The molecule has 2 aromatic carbocycles. The third-order valence-electron chi connectivity index (χ3n) is 3.02. The van der Waals surface area contributed by atoms with E-state index in [4.69, 9.17) is 5.73 Å². The summed E-state index contributed by atoms with van der Waals surface area (Å²) in [5.41, 5.74) is 8.87. The first-order valence-electron chi connectivity index (χ1n) is 6.43. The Balaban J connectivity index is 2.01. The molecule has 4 heteroatoms. The Morgan fingerprint density at radius 2 is 1.95 bits per heavy atom. The Morgan fingerprint density at radius 3 is 2.60 bits per heavy atom. The average molecular weight is 333 g/mol. The smallest absolute Gasteiger partial charge is 0.241 e. The van der Waals surface area contributed by atoms with Crippen LogP contribution in [-0.2, 0) is 11.2 Å². The second kappa shape index (κ2) is 6.68. The largest absolute Gasteiger partial charge is 0.324 e. The van der Waals surface area contributed by atoms with E-state index in [1.54, 1.807) is 0 Å². The minimum absolute atomic E-state index is 0.182. The van der Waals surface area contributed by atoms with Crippen LogP contribution in [0.4, 0.5) is 5.69 Å². The van der Waals surface area contributed by atoms with Gasteiger partial charge in [-0.05, 0) is 52.5 Å². The minimum Gasteiger partial charge on any atom is -0.324 e. The van der Waals surface area contributed by atoms with Crippen molar-refractivity contribution in [1.82, 2.24) is 0 Å². The molecule has 0 aliphatic rings. The molecule has 1 unspecified atom stereocenters. The number of anilines is 1. The molecule has 0 aromatic heterocycles. The lowest BCUT2D eigenvalue weighted by Gasteiger charge is -2.13. The summed E-state index contributed by atoms with van der Waals surface area (Å²) >= 11 is 3.44. The summed E-state index contributed by atoms with van der Waals surface area (Å²) in [4.78, 5) is 12.1. The number of hydrogen-bond acceptors (Lipinski definition) is 2. The van der Waals surface area contributed by atoms with Crippen molar-refractivity contribution in [2.45, 2.75) is 19.4 Å². The van der Waals surface area contributed by atoms with E-state index >= 15 is 0 Å². The van der Waals surface area contributed by atoms with E-state index in [1.165, 1.54) is 0 Å². The highest BCUT2D eigenvalue weighted by Crippen LogP contribution is 2.23. The molecule has 0 radical (unpaired) electrons. The van der Waals surface area contributed by atoms with E-state index in [9.17, 15) is 4.79 Å². The first kappa shape index (κ1) is 14.8. The van der Waals surface area contributed by atoms with Crippen molar-refractivity contribution in [1.29, 1.82) is 0 Å². The van der Waals surface area contributed by atoms with Crippen molar-refractivity contribution in [3.8, 4) is 0 Å². The summed E-state index contributed by atoms with van der Waals surface area (Å²) in [6, 6.07) is 15.0. The van der Waals surface area contributed by atoms with Gasteiger partial charge in [0, 0.05) is 4.47 Å². The maximum Gasteiger partial charge on any atom is 0.241 e. The maximum absolute atomic E-state index is 12.1. The zero-order valence-corrected chi connectivity index (χ0v) is 12.9. The number of rotatable bonds is 4. The fourth-order valence-electron chi connectivity index (χ4n) is 1.91. The molecule has 0 aliphatic carbocycles. The number of nitrogens with two attached hydrogens (primary N) is 1. The molecule has 1 amide bonds. The molecule has 0 heterocycles. The number of carbonyl (C=O) groups excluding carboxylic acids is 1. The van der Waals surface area contributed by atoms with E-state index in [0.29, 0.717) is 6.42 Å². The first-order chi connectivity index (χ1) is 9.56. The van der Waals surface area contributed by atoms with Crippen LogP contribution in [-0.4, -0.2) is 11.9 Å². The molecule has 104 valence electrons. The van der Waals surface area contributed by atoms with Crippen molar-refractivity contribution in [3.05, 3.63) is 64.1 Å². The van der Waals surface area contributed by atoms with E-state index in [2.05, 4.69) is 21.2 Å². The van der Waals surface area contributed by atoms with Gasteiger partial charge in [-0.1, -0.05) is 36.4 Å². The van der Waals surface area contributed by atoms with Crippen LogP contribution in [0, 0.1) is 6.92 Å². The SMILES string of the molecule is Cc1ccc(NC(=O)C(N)Cc2ccccc2)c(Br)c1. The lowest BCUT2D eigenvalue weighted by Crippen LogP contribution is -2.37. The first-order valence-corrected chi connectivity index (χ1v) is 7.22. The average Bonchev–Trinajstić information content (AvgIpc) is 2.43. The summed E-state index contributed by atoms with van der Waals surface area (Å²) in [6.45, 7) is 2.00. The molecule has 0 aliphatic heterocycles. The van der Waals surface area contributed by atoms with E-state index < -0.39 is 6.04 Å². The molecule has 0 saturated carbocycles. The van der Waals surface area contributed by atoms with Gasteiger partial charge in [-0.15, -0.1) is 0 Å². The van der Waals surface area contributed by atoms with E-state index in [1.807, 2.05) is 55.5 Å². The predicted molar refractivity (Wildman–Crippen MR) is 85.6 cm³/mol. The highest BCUT2D eigenvalue weighted by molar-refractivity contribution is 9.10. The molecule has 3 N–H and O–H groups in total. The minimum atomic E-state index is -0.564. The van der Waals surface area contributed by atoms with Crippen molar-refractivity contribution < 1.29 is 4.79 Å². The molecule has 3 nitrogen and oxygen atoms in total. The summed E-state index contributed by atoms with van der Waals surface area (Å²) in [5, 5.41) is 2.85. The topological polar surface area (TPSA) is 55.1 Å². The third-order valence-corrected chi connectivity index (χ3v) is 3.67. The maximum atomic E-state index is 12.1. The molecular weight excluding hydrogens is 316 g/mol. The van der Waals surface area contributed by atoms with Crippen LogP contribution >= 0.6 is 15.9 Å². The zero-order chi connectivity index (χ0) is 14.5. The molecular formula is C16H17BrN2O. The van der Waals surface area contributed by atoms with Gasteiger partial charge >= 0.3 is 0 Å². The lowest BCUT2D eigenvalue weighted by molar-refractivity contribution is -0.117. The molecule has 0 fully saturated rings. The Labute approximate surface area is 127 Å². The second-order valence-corrected chi connectivity index (χ2v) is 5.62. The molecule has 0 spiro atoms. The molecule has 0 saturated heterocycles. The third kappa shape index (κ3) is 3.92. The van der Waals surface area contributed by atoms with Crippen LogP contribution in [0.5, 0.6) is 0 Å². The summed E-state index contributed by atoms with van der Waals surface area (Å²) in [6.07, 6.45) is 0.524. The van der Waals surface area contributed by atoms with E-state index in [0.717, 1.165) is 21.3 Å². The standard InChI is InChI=1S/C16H17BrN2O/c1-11-7-8-15(13(17)9-11)19-16(20)14(18)10-12-5-3-2-4-6-12/h2-9,14H,10,18H2,1H3,(H,19,20). The van der Waals surface area contributed by atoms with Gasteiger partial charge in [-0.25, -0.2) is 0 Å². The van der Waals surface area contributed by atoms with Crippen molar-refractivity contribution in [2.75, 3.05) is 5.32 Å². The predicted octanol–water partition coefficient (Wildman–Crippen LogP) is 3.27. The van der Waals surface area contributed by atoms with Crippen LogP contribution in [0.3, 0.4) is 0 Å². The van der Waals surface area contributed by atoms with Crippen molar-refractivity contribution >= 4 is 27.5 Å². The quantitative estimate of drug-likeness (QED) is 0.902. The number of amides is 1. The van der Waals surface area contributed by atoms with Gasteiger partial charge in [-0.2, -0.15) is 0 Å². The number of aryl methyl sites for hydroxylation is 1. The summed E-state index contributed by atoms with van der Waals surface area (Å²) in [7, 11) is 0. The number of carbonyl (C=O) groups is 1. The van der Waals surface area contributed by atoms with Gasteiger partial charge in [-0.3, -0.25) is 4.79 Å². The molecule has 0 bridgehead atoms. The second-order valence-electron chi connectivity index (χ2n) is 4.77. The molecule has 1 atom stereocenters. The fourth-order valence-corrected chi connectivity index (χ4v) is 2.50. The molecule has 2 rings (SSSR count). The monoisotopic (exact) mass is 332 g/mol. The van der Waals surface area contributed by atoms with Gasteiger partial charge in [0.05, 0.1) is 11.7 Å². The molecule has 20 heavy (non-hydrogen) atoms. The summed E-state index contributed by atoms with van der Waals surface area (Å²) in [5.74, 6) is -0.182. The zero-order valence-electron chi connectivity index (χ0n) is 11.3. The van der Waals surface area contributed by atoms with Crippen LogP contribution in [0.15, 0.2) is 53.0 Å². The van der Waals surface area contributed by atoms with Crippen LogP contribution in [0.2, 0.25) is 0 Å². The number of halogens is 1. The lowest BCUT2D eigenvalue weighted by atomic mass is 10.1. The Morgan fingerprint density at radius 1 is 1.25 bits per heavy atom. The highest BCUT2D eigenvalue weighted by atomic mass is 79.9. The van der Waals surface area contributed by atoms with E-state index in [-0.39, 0.29) is 5.91 Å². The van der Waals surface area contributed by atoms with Crippen LogP contribution in [0.25, 0.3) is 0 Å². The molecule has 2 aromatic rings. The number of nitrogens with one attached hydrogen (secondary N) is 1. The van der Waals surface area contributed by atoms with Gasteiger partial charge in [0.2, 0.25) is 5.91 Å².